The molecule has 1 aromatic heterocycles. The van der Waals surface area contributed by atoms with Crippen molar-refractivity contribution >= 4 is 13.6 Å². The lowest BCUT2D eigenvalue weighted by atomic mass is 10.1. The third-order valence-corrected chi connectivity index (χ3v) is 5.43. The minimum atomic E-state index is -4.58. The lowest BCUT2D eigenvalue weighted by molar-refractivity contribution is -0.0959. The molecular weight excluding hydrogens is 385 g/mol. The van der Waals surface area contributed by atoms with Crippen molar-refractivity contribution in [1.29, 1.82) is 0 Å². The second kappa shape index (κ2) is 8.33. The Morgan fingerprint density at radius 3 is 2.81 bits per heavy atom. The third-order valence-electron chi connectivity index (χ3n) is 4.42. The van der Waals surface area contributed by atoms with E-state index in [-0.39, 0.29) is 25.5 Å². The highest BCUT2D eigenvalue weighted by Gasteiger charge is 2.44. The molecule has 2 aliphatic rings. The quantitative estimate of drug-likeness (QED) is 0.406. The van der Waals surface area contributed by atoms with Gasteiger partial charge in [-0.25, -0.2) is 9.36 Å². The van der Waals surface area contributed by atoms with Crippen LogP contribution in [0.4, 0.5) is 5.82 Å². The number of ether oxygens (including phenoxy) is 2. The van der Waals surface area contributed by atoms with E-state index >= 15 is 0 Å². The average Bonchev–Trinajstić information content (AvgIpc) is 3.20. The molecule has 0 radical (unpaired) electrons. The molecule has 1 aromatic rings. The number of nitrogen functional groups attached to an aromatic ring is 1. The first-order valence-electron chi connectivity index (χ1n) is 8.36. The molecule has 6 atom stereocenters. The Kier molecular flexibility index (Phi) is 6.28. The van der Waals surface area contributed by atoms with Crippen LogP contribution in [0, 0.1) is 5.92 Å². The second-order valence-corrected chi connectivity index (χ2v) is 7.64. The molecule has 0 saturated carbocycles. The van der Waals surface area contributed by atoms with Crippen molar-refractivity contribution in [2.24, 2.45) is 5.92 Å². The highest BCUT2D eigenvalue weighted by Crippen LogP contribution is 2.50. The Bertz CT molecular complexity index is 760. The van der Waals surface area contributed by atoms with E-state index < -0.39 is 50.8 Å². The van der Waals surface area contributed by atoms with Gasteiger partial charge in [-0.1, -0.05) is 0 Å². The molecule has 12 nitrogen and oxygen atoms in total. The third kappa shape index (κ3) is 4.73. The van der Waals surface area contributed by atoms with Gasteiger partial charge in [0.1, 0.15) is 24.3 Å². The minimum Gasteiger partial charge on any atom is -0.396 e. The molecule has 0 amide bonds. The van der Waals surface area contributed by atoms with Gasteiger partial charge in [0.05, 0.1) is 19.8 Å². The van der Waals surface area contributed by atoms with Crippen LogP contribution in [0.5, 0.6) is 0 Å². The average molecular weight is 407 g/mol. The largest absolute Gasteiger partial charge is 0.474 e. The molecule has 0 spiro atoms. The molecule has 5 N–H and O–H groups in total. The summed E-state index contributed by atoms with van der Waals surface area (Å²) in [6.07, 6.45) is -2.04. The van der Waals surface area contributed by atoms with E-state index in [0.29, 0.717) is 6.42 Å². The van der Waals surface area contributed by atoms with Crippen LogP contribution in [-0.4, -0.2) is 63.0 Å². The smallest absolute Gasteiger partial charge is 0.396 e. The zero-order valence-electron chi connectivity index (χ0n) is 14.3. The van der Waals surface area contributed by atoms with Crippen molar-refractivity contribution in [2.75, 3.05) is 25.6 Å². The molecule has 3 heterocycles. The van der Waals surface area contributed by atoms with E-state index in [9.17, 15) is 24.5 Å². The van der Waals surface area contributed by atoms with Crippen LogP contribution in [-0.2, 0) is 23.1 Å². The highest BCUT2D eigenvalue weighted by molar-refractivity contribution is 7.47. The van der Waals surface area contributed by atoms with Gasteiger partial charge in [-0.2, -0.15) is 4.98 Å². The minimum absolute atomic E-state index is 0.000403. The number of rotatable bonds is 7. The molecule has 0 bridgehead atoms. The fourth-order valence-electron chi connectivity index (χ4n) is 3.02. The van der Waals surface area contributed by atoms with E-state index in [1.54, 1.807) is 0 Å². The fourth-order valence-corrected chi connectivity index (χ4v) is 4.13. The lowest BCUT2D eigenvalue weighted by Gasteiger charge is -2.23. The summed E-state index contributed by atoms with van der Waals surface area (Å²) in [5.74, 6) is -0.390. The van der Waals surface area contributed by atoms with Crippen LogP contribution in [0.1, 0.15) is 19.1 Å². The number of anilines is 1. The van der Waals surface area contributed by atoms with Gasteiger partial charge in [-0.3, -0.25) is 13.6 Å². The van der Waals surface area contributed by atoms with E-state index in [2.05, 4.69) is 4.98 Å². The fraction of sp³-hybridized carbons (Fsp3) is 0.714. The van der Waals surface area contributed by atoms with Gasteiger partial charge < -0.3 is 30.3 Å². The van der Waals surface area contributed by atoms with Crippen LogP contribution in [0.15, 0.2) is 17.1 Å². The Balaban J connectivity index is 1.68. The molecule has 152 valence electrons. The first kappa shape index (κ1) is 20.4. The van der Waals surface area contributed by atoms with Crippen molar-refractivity contribution in [3.63, 3.8) is 0 Å². The Morgan fingerprint density at radius 2 is 2.15 bits per heavy atom. The number of aliphatic hydroxyl groups excluding tert-OH is 2. The number of hydrogen-bond donors (Lipinski definition) is 4. The topological polar surface area (TPSA) is 176 Å². The van der Waals surface area contributed by atoms with Gasteiger partial charge in [-0.15, -0.1) is 0 Å². The standard InChI is InChI=1S/C14H22N3O9P/c15-11-1-3-17(14(20)16-11)12-5-9(10(7-19)24-12)25-27(21,22)26-13-8(6-18)2-4-23-13/h1,3,8-10,12-13,18-19H,2,4-7H2,(H,21,22)(H2,15,16,20)/t8?,9-,10+,12+,13?/m0/s1. The van der Waals surface area contributed by atoms with E-state index in [4.69, 9.17) is 24.3 Å². The number of hydrogen-bond acceptors (Lipinski definition) is 10. The van der Waals surface area contributed by atoms with Crippen LogP contribution < -0.4 is 11.4 Å². The normalized spacial score (nSPS) is 33.2. The number of aromatic nitrogens is 2. The first-order chi connectivity index (χ1) is 12.8. The second-order valence-electron chi connectivity index (χ2n) is 6.28. The Hall–Kier alpha value is -1.37. The summed E-state index contributed by atoms with van der Waals surface area (Å²) in [4.78, 5) is 25.5. The number of nitrogens with two attached hydrogens (primary N) is 1. The van der Waals surface area contributed by atoms with E-state index in [0.717, 1.165) is 4.57 Å². The molecule has 3 rings (SSSR count). The maximum Gasteiger partial charge on any atom is 0.474 e. The van der Waals surface area contributed by atoms with Crippen LogP contribution >= 0.6 is 7.82 Å². The summed E-state index contributed by atoms with van der Waals surface area (Å²) < 4.78 is 34.4. The molecular formula is C14H22N3O9P. The Labute approximate surface area is 154 Å². The lowest BCUT2D eigenvalue weighted by Crippen LogP contribution is -2.29. The summed E-state index contributed by atoms with van der Waals surface area (Å²) >= 11 is 0. The van der Waals surface area contributed by atoms with Gasteiger partial charge in [0.25, 0.3) is 0 Å². The molecule has 3 unspecified atom stereocenters. The van der Waals surface area contributed by atoms with Gasteiger partial charge >= 0.3 is 13.5 Å². The van der Waals surface area contributed by atoms with Gasteiger partial charge in [0.15, 0.2) is 6.29 Å². The van der Waals surface area contributed by atoms with Crippen LogP contribution in [0.3, 0.4) is 0 Å². The number of phosphoric acid groups is 1. The highest BCUT2D eigenvalue weighted by atomic mass is 31.2. The molecule has 2 saturated heterocycles. The predicted molar refractivity (Wildman–Crippen MR) is 89.2 cm³/mol. The van der Waals surface area contributed by atoms with Gasteiger partial charge in [0, 0.05) is 18.5 Å². The van der Waals surface area contributed by atoms with Crippen molar-refractivity contribution in [2.45, 2.75) is 37.6 Å². The molecule has 13 heteroatoms. The van der Waals surface area contributed by atoms with Crippen molar-refractivity contribution in [3.8, 4) is 0 Å². The number of nitrogens with zero attached hydrogens (tertiary/aromatic N) is 2. The first-order valence-corrected chi connectivity index (χ1v) is 9.85. The molecule has 0 aromatic carbocycles. The summed E-state index contributed by atoms with van der Waals surface area (Å²) in [6.45, 7) is -0.472. The van der Waals surface area contributed by atoms with Crippen molar-refractivity contribution in [1.82, 2.24) is 9.55 Å². The maximum absolute atomic E-state index is 12.3. The van der Waals surface area contributed by atoms with Gasteiger partial charge in [0.2, 0.25) is 0 Å². The number of aliphatic hydroxyl groups is 2. The monoisotopic (exact) mass is 407 g/mol. The summed E-state index contributed by atoms with van der Waals surface area (Å²) in [5, 5.41) is 18.7. The SMILES string of the molecule is Nc1ccn([C@H]2C[C@H](OP(=O)(O)OC3OCCC3CO)[C@@H](CO)O2)c(=O)n1. The maximum atomic E-state index is 12.3. The Morgan fingerprint density at radius 1 is 1.37 bits per heavy atom. The van der Waals surface area contributed by atoms with Gasteiger partial charge in [-0.05, 0) is 12.5 Å². The molecule has 2 fully saturated rings. The summed E-state index contributed by atoms with van der Waals surface area (Å²) in [5.41, 5.74) is 4.78. The number of phosphoric ester groups is 1. The van der Waals surface area contributed by atoms with Crippen LogP contribution in [0.25, 0.3) is 0 Å². The van der Waals surface area contributed by atoms with Crippen molar-refractivity contribution < 1.29 is 38.2 Å². The summed E-state index contributed by atoms with van der Waals surface area (Å²) in [6, 6.07) is 1.40. The van der Waals surface area contributed by atoms with E-state index in [1.165, 1.54) is 12.3 Å². The zero-order chi connectivity index (χ0) is 19.6. The zero-order valence-corrected chi connectivity index (χ0v) is 15.2. The van der Waals surface area contributed by atoms with Crippen LogP contribution in [0.2, 0.25) is 0 Å². The van der Waals surface area contributed by atoms with Crippen molar-refractivity contribution in [3.05, 3.63) is 22.7 Å². The molecule has 2 aliphatic heterocycles. The summed E-state index contributed by atoms with van der Waals surface area (Å²) in [7, 11) is -4.58. The van der Waals surface area contributed by atoms with E-state index in [1.807, 2.05) is 0 Å². The molecule has 0 aliphatic carbocycles. The predicted octanol–water partition coefficient (Wildman–Crippen LogP) is -1.04. The molecule has 27 heavy (non-hydrogen) atoms.